The van der Waals surface area contributed by atoms with Crippen molar-refractivity contribution in [2.45, 2.75) is 25.9 Å². The first-order valence-electron chi connectivity index (χ1n) is 8.94. The van der Waals surface area contributed by atoms with Gasteiger partial charge in [-0.15, -0.1) is 0 Å². The second kappa shape index (κ2) is 8.35. The molecule has 0 atom stereocenters. The highest BCUT2D eigenvalue weighted by molar-refractivity contribution is 5.92. The Labute approximate surface area is 173 Å². The lowest BCUT2D eigenvalue weighted by Gasteiger charge is -2.25. The van der Waals surface area contributed by atoms with E-state index in [-0.39, 0.29) is 16.8 Å². The summed E-state index contributed by atoms with van der Waals surface area (Å²) >= 11 is 0. The molecule has 0 fully saturated rings. The van der Waals surface area contributed by atoms with Gasteiger partial charge >= 0.3 is 5.69 Å². The minimum absolute atomic E-state index is 0.0252. The molecular weight excluding hydrogens is 421 g/mol. The molecule has 2 aromatic carbocycles. The number of rotatable bonds is 4. The number of hydrogen-bond acceptors (Lipinski definition) is 4. The summed E-state index contributed by atoms with van der Waals surface area (Å²) in [5.41, 5.74) is -2.77. The number of aromatic amines is 1. The van der Waals surface area contributed by atoms with Crippen LogP contribution in [-0.4, -0.2) is 33.6 Å². The topological polar surface area (TPSA) is 69.2 Å². The molecule has 1 heterocycles. The summed E-state index contributed by atoms with van der Waals surface area (Å²) in [5, 5.41) is 9.18. The van der Waals surface area contributed by atoms with Crippen molar-refractivity contribution in [3.63, 3.8) is 0 Å². The lowest BCUT2D eigenvalue weighted by Crippen LogP contribution is -2.28. The Hall–Kier alpha value is -3.45. The molecule has 0 saturated heterocycles. The van der Waals surface area contributed by atoms with Gasteiger partial charge in [0.25, 0.3) is 6.43 Å². The van der Waals surface area contributed by atoms with Gasteiger partial charge in [-0.1, -0.05) is 11.8 Å². The van der Waals surface area contributed by atoms with Crippen LogP contribution in [0.5, 0.6) is 0 Å². The molecule has 162 valence electrons. The van der Waals surface area contributed by atoms with Crippen molar-refractivity contribution in [3.8, 4) is 11.8 Å². The van der Waals surface area contributed by atoms with E-state index in [1.54, 1.807) is 0 Å². The number of H-pyrrole nitrogens is 1. The van der Waals surface area contributed by atoms with Gasteiger partial charge in [0.2, 0.25) is 0 Å². The van der Waals surface area contributed by atoms with Crippen molar-refractivity contribution >= 4 is 22.4 Å². The molecular formula is C21H16F5N3O2. The van der Waals surface area contributed by atoms with Crippen LogP contribution in [0, 0.1) is 29.3 Å². The van der Waals surface area contributed by atoms with Crippen LogP contribution in [0.3, 0.4) is 0 Å². The lowest BCUT2D eigenvalue weighted by atomic mass is 10.1. The van der Waals surface area contributed by atoms with Crippen LogP contribution in [0.1, 0.15) is 19.4 Å². The fraction of sp³-hybridized carbons (Fsp3) is 0.238. The molecule has 0 spiro atoms. The molecule has 5 nitrogen and oxygen atoms in total. The monoisotopic (exact) mass is 437 g/mol. The van der Waals surface area contributed by atoms with E-state index >= 15 is 0 Å². The summed E-state index contributed by atoms with van der Waals surface area (Å²) in [7, 11) is 0. The third kappa shape index (κ3) is 5.19. The zero-order valence-electron chi connectivity index (χ0n) is 16.3. The Kier molecular flexibility index (Phi) is 5.99. The Balaban J connectivity index is 2.28. The standard InChI is InChI=1S/C21H16F5N3O2/c1-21(2,31)6-5-11-7-12(22)9-13(8-11)29(10-16(24)25)19-17-15(27-20(30)28-19)4-3-14(23)18(17)26/h3-4,7-9,16,31H,10H2,1-2H3,(H,27,28,30). The first-order valence-corrected chi connectivity index (χ1v) is 8.94. The van der Waals surface area contributed by atoms with Crippen molar-refractivity contribution in [2.75, 3.05) is 11.4 Å². The number of hydrogen-bond donors (Lipinski definition) is 2. The normalized spacial score (nSPS) is 11.5. The predicted octanol–water partition coefficient (Wildman–Crippen LogP) is 3.87. The van der Waals surface area contributed by atoms with Gasteiger partial charge in [0.1, 0.15) is 11.4 Å². The third-order valence-corrected chi connectivity index (χ3v) is 4.05. The van der Waals surface area contributed by atoms with Gasteiger partial charge in [-0.05, 0) is 44.2 Å². The average Bonchev–Trinajstić information content (AvgIpc) is 2.65. The molecule has 0 aliphatic heterocycles. The molecule has 0 radical (unpaired) electrons. The Morgan fingerprint density at radius 3 is 2.55 bits per heavy atom. The van der Waals surface area contributed by atoms with E-state index in [1.807, 2.05) is 0 Å². The summed E-state index contributed by atoms with van der Waals surface area (Å²) in [4.78, 5) is 18.4. The number of halogens is 5. The van der Waals surface area contributed by atoms with Gasteiger partial charge in [0.15, 0.2) is 17.5 Å². The quantitative estimate of drug-likeness (QED) is 0.481. The van der Waals surface area contributed by atoms with Gasteiger partial charge in [-0.25, -0.2) is 26.7 Å². The van der Waals surface area contributed by atoms with Crippen molar-refractivity contribution in [1.29, 1.82) is 0 Å². The van der Waals surface area contributed by atoms with Crippen LogP contribution < -0.4 is 10.6 Å². The molecule has 1 aromatic heterocycles. The smallest absolute Gasteiger partial charge is 0.347 e. The predicted molar refractivity (Wildman–Crippen MR) is 105 cm³/mol. The summed E-state index contributed by atoms with van der Waals surface area (Å²) in [6, 6.07) is 4.90. The van der Waals surface area contributed by atoms with Gasteiger partial charge in [-0.2, -0.15) is 4.98 Å². The van der Waals surface area contributed by atoms with E-state index in [2.05, 4.69) is 21.8 Å². The molecule has 0 amide bonds. The Morgan fingerprint density at radius 1 is 1.19 bits per heavy atom. The molecule has 0 aliphatic rings. The number of aromatic nitrogens is 2. The highest BCUT2D eigenvalue weighted by Crippen LogP contribution is 2.33. The number of benzene rings is 2. The van der Waals surface area contributed by atoms with Crippen molar-refractivity contribution in [2.24, 2.45) is 0 Å². The fourth-order valence-corrected chi connectivity index (χ4v) is 2.84. The number of aliphatic hydroxyl groups is 1. The van der Waals surface area contributed by atoms with E-state index in [4.69, 9.17) is 0 Å². The average molecular weight is 437 g/mol. The van der Waals surface area contributed by atoms with Crippen molar-refractivity contribution < 1.29 is 27.1 Å². The molecule has 0 aliphatic carbocycles. The van der Waals surface area contributed by atoms with Crippen LogP contribution in [0.2, 0.25) is 0 Å². The van der Waals surface area contributed by atoms with Crippen LogP contribution in [-0.2, 0) is 0 Å². The van der Waals surface area contributed by atoms with Gasteiger partial charge < -0.3 is 15.0 Å². The van der Waals surface area contributed by atoms with Crippen LogP contribution in [0.25, 0.3) is 10.9 Å². The lowest BCUT2D eigenvalue weighted by molar-refractivity contribution is 0.143. The van der Waals surface area contributed by atoms with E-state index in [0.717, 1.165) is 24.3 Å². The highest BCUT2D eigenvalue weighted by Gasteiger charge is 2.24. The first kappa shape index (κ1) is 22.2. The highest BCUT2D eigenvalue weighted by atomic mass is 19.3. The molecule has 10 heteroatoms. The number of fused-ring (bicyclic) bond motifs is 1. The van der Waals surface area contributed by atoms with E-state index in [9.17, 15) is 31.9 Å². The van der Waals surface area contributed by atoms with Gasteiger partial charge in [-0.3, -0.25) is 0 Å². The minimum Gasteiger partial charge on any atom is -0.378 e. The third-order valence-electron chi connectivity index (χ3n) is 4.05. The maximum atomic E-state index is 14.5. The molecule has 0 unspecified atom stereocenters. The van der Waals surface area contributed by atoms with Crippen molar-refractivity contribution in [1.82, 2.24) is 9.97 Å². The van der Waals surface area contributed by atoms with E-state index < -0.39 is 52.9 Å². The van der Waals surface area contributed by atoms with Crippen LogP contribution in [0.15, 0.2) is 35.1 Å². The zero-order valence-corrected chi connectivity index (χ0v) is 16.3. The molecule has 2 N–H and O–H groups in total. The van der Waals surface area contributed by atoms with Crippen LogP contribution in [0.4, 0.5) is 33.5 Å². The summed E-state index contributed by atoms with van der Waals surface area (Å²) in [6.07, 6.45) is -3.00. The maximum Gasteiger partial charge on any atom is 0.347 e. The van der Waals surface area contributed by atoms with E-state index in [1.165, 1.54) is 19.9 Å². The molecule has 0 saturated carbocycles. The van der Waals surface area contributed by atoms with Crippen LogP contribution >= 0.6 is 0 Å². The number of nitrogens with zero attached hydrogens (tertiary/aromatic N) is 2. The van der Waals surface area contributed by atoms with Gasteiger partial charge in [0, 0.05) is 11.3 Å². The molecule has 3 aromatic rings. The fourth-order valence-electron chi connectivity index (χ4n) is 2.84. The second-order valence-corrected chi connectivity index (χ2v) is 7.16. The molecule has 3 rings (SSSR count). The Morgan fingerprint density at radius 2 is 1.90 bits per heavy atom. The largest absolute Gasteiger partial charge is 0.378 e. The SMILES string of the molecule is CC(C)(O)C#Cc1cc(F)cc(N(CC(F)F)c2nc(=O)[nH]c3ccc(F)c(F)c23)c1. The second-order valence-electron chi connectivity index (χ2n) is 7.16. The number of anilines is 2. The zero-order chi connectivity index (χ0) is 22.9. The molecule has 0 bridgehead atoms. The first-order chi connectivity index (χ1) is 14.4. The molecule has 31 heavy (non-hydrogen) atoms. The Bertz CT molecular complexity index is 1260. The number of alkyl halides is 2. The van der Waals surface area contributed by atoms with Crippen molar-refractivity contribution in [3.05, 3.63) is 63.8 Å². The number of nitrogens with one attached hydrogen (secondary N) is 1. The van der Waals surface area contributed by atoms with E-state index in [0.29, 0.717) is 4.90 Å². The summed E-state index contributed by atoms with van der Waals surface area (Å²) in [6.45, 7) is 1.70. The van der Waals surface area contributed by atoms with Gasteiger partial charge in [0.05, 0.1) is 17.4 Å². The summed E-state index contributed by atoms with van der Waals surface area (Å²) < 4.78 is 69.3. The maximum absolute atomic E-state index is 14.5. The minimum atomic E-state index is -3.00. The summed E-state index contributed by atoms with van der Waals surface area (Å²) in [5.74, 6) is 0.816.